The van der Waals surface area contributed by atoms with E-state index in [0.29, 0.717) is 0 Å². The van der Waals surface area contributed by atoms with Crippen molar-refractivity contribution in [3.8, 4) is 0 Å². The molecule has 0 amide bonds. The second kappa shape index (κ2) is 19.2. The Morgan fingerprint density at radius 3 is 1.88 bits per heavy atom. The summed E-state index contributed by atoms with van der Waals surface area (Å²) in [7, 11) is 0. The first-order valence-electron chi connectivity index (χ1n) is 9.93. The third-order valence-electron chi connectivity index (χ3n) is 4.13. The molecule has 0 bridgehead atoms. The Balaban J connectivity index is 3.68. The minimum Gasteiger partial charge on any atom is -0.478 e. The maximum absolute atomic E-state index is 10.2. The van der Waals surface area contributed by atoms with E-state index in [-0.39, 0.29) is 0 Å². The van der Waals surface area contributed by atoms with Crippen molar-refractivity contribution < 1.29 is 9.90 Å². The van der Waals surface area contributed by atoms with Crippen LogP contribution in [0.15, 0.2) is 72.9 Å². The van der Waals surface area contributed by atoms with Gasteiger partial charge in [0.25, 0.3) is 0 Å². The molecule has 0 spiro atoms. The van der Waals surface area contributed by atoms with Crippen molar-refractivity contribution in [1.82, 2.24) is 0 Å². The molecule has 144 valence electrons. The van der Waals surface area contributed by atoms with Crippen molar-refractivity contribution in [2.45, 2.75) is 65.2 Å². The van der Waals surface area contributed by atoms with Crippen molar-refractivity contribution in [2.24, 2.45) is 5.92 Å². The maximum atomic E-state index is 10.2. The van der Waals surface area contributed by atoms with E-state index in [9.17, 15) is 4.79 Å². The largest absolute Gasteiger partial charge is 0.478 e. The molecular formula is C24H36O2. The van der Waals surface area contributed by atoms with E-state index in [1.165, 1.54) is 51.0 Å². The maximum Gasteiger partial charge on any atom is 0.328 e. The number of carboxylic acid groups (broad SMARTS) is 1. The van der Waals surface area contributed by atoms with Gasteiger partial charge in [-0.15, -0.1) is 0 Å². The summed E-state index contributed by atoms with van der Waals surface area (Å²) in [5, 5.41) is 8.41. The van der Waals surface area contributed by atoms with Gasteiger partial charge in [0.2, 0.25) is 0 Å². The van der Waals surface area contributed by atoms with Gasteiger partial charge in [-0.1, -0.05) is 119 Å². The second-order valence-electron chi connectivity index (χ2n) is 6.37. The van der Waals surface area contributed by atoms with E-state index in [2.05, 4.69) is 26.0 Å². The highest BCUT2D eigenvalue weighted by Crippen LogP contribution is 2.19. The van der Waals surface area contributed by atoms with Crippen LogP contribution in [0.5, 0.6) is 0 Å². The Kier molecular flexibility index (Phi) is 17.7. The Hall–Kier alpha value is -2.09. The molecule has 0 radical (unpaired) electrons. The van der Waals surface area contributed by atoms with Crippen LogP contribution in [-0.4, -0.2) is 11.1 Å². The zero-order chi connectivity index (χ0) is 19.3. The van der Waals surface area contributed by atoms with Gasteiger partial charge in [-0.25, -0.2) is 4.79 Å². The predicted molar refractivity (Wildman–Crippen MR) is 114 cm³/mol. The third-order valence-corrected chi connectivity index (χ3v) is 4.13. The van der Waals surface area contributed by atoms with E-state index < -0.39 is 5.97 Å². The summed E-state index contributed by atoms with van der Waals surface area (Å²) < 4.78 is 0. The first kappa shape index (κ1) is 23.9. The van der Waals surface area contributed by atoms with Crippen LogP contribution in [0.25, 0.3) is 0 Å². The first-order chi connectivity index (χ1) is 12.7. The van der Waals surface area contributed by atoms with Crippen molar-refractivity contribution in [2.75, 3.05) is 0 Å². The molecule has 0 heterocycles. The lowest BCUT2D eigenvalue weighted by molar-refractivity contribution is -0.131. The average Bonchev–Trinajstić information content (AvgIpc) is 2.63. The quantitative estimate of drug-likeness (QED) is 0.191. The van der Waals surface area contributed by atoms with Gasteiger partial charge in [0.15, 0.2) is 0 Å². The minimum absolute atomic E-state index is 0.936. The lowest BCUT2D eigenvalue weighted by Gasteiger charge is -2.12. The lowest BCUT2D eigenvalue weighted by atomic mass is 9.94. The van der Waals surface area contributed by atoms with Gasteiger partial charge in [0, 0.05) is 6.08 Å². The van der Waals surface area contributed by atoms with Gasteiger partial charge in [0.1, 0.15) is 0 Å². The van der Waals surface area contributed by atoms with Gasteiger partial charge in [-0.2, -0.15) is 0 Å². The molecule has 1 unspecified atom stereocenters. The molecule has 0 fully saturated rings. The summed E-state index contributed by atoms with van der Waals surface area (Å²) in [6.07, 6.45) is 32.7. The molecule has 0 saturated carbocycles. The number of hydrogen-bond donors (Lipinski definition) is 1. The number of carbonyl (C=O) groups is 1. The van der Waals surface area contributed by atoms with Crippen molar-refractivity contribution in [3.63, 3.8) is 0 Å². The van der Waals surface area contributed by atoms with E-state index in [0.717, 1.165) is 18.4 Å². The Morgan fingerprint density at radius 2 is 1.35 bits per heavy atom. The molecule has 0 aliphatic heterocycles. The highest BCUT2D eigenvalue weighted by molar-refractivity contribution is 5.80. The fourth-order valence-electron chi connectivity index (χ4n) is 2.66. The topological polar surface area (TPSA) is 37.3 Å². The fourth-order valence-corrected chi connectivity index (χ4v) is 2.66. The number of carboxylic acids is 1. The van der Waals surface area contributed by atoms with Crippen LogP contribution in [0.2, 0.25) is 0 Å². The van der Waals surface area contributed by atoms with E-state index in [4.69, 9.17) is 5.11 Å². The molecule has 1 atom stereocenters. The van der Waals surface area contributed by atoms with Gasteiger partial charge in [-0.05, 0) is 18.8 Å². The van der Waals surface area contributed by atoms with Crippen molar-refractivity contribution in [3.05, 3.63) is 72.9 Å². The number of aliphatic carboxylic acids is 1. The van der Waals surface area contributed by atoms with Crippen LogP contribution in [0.4, 0.5) is 0 Å². The Labute approximate surface area is 160 Å². The number of rotatable bonds is 15. The van der Waals surface area contributed by atoms with Crippen LogP contribution in [0.1, 0.15) is 65.2 Å². The van der Waals surface area contributed by atoms with Crippen LogP contribution in [0, 0.1) is 5.92 Å². The van der Waals surface area contributed by atoms with Crippen LogP contribution in [0.3, 0.4) is 0 Å². The van der Waals surface area contributed by atoms with Crippen LogP contribution in [-0.2, 0) is 4.79 Å². The average molecular weight is 357 g/mol. The molecule has 0 rings (SSSR count). The van der Waals surface area contributed by atoms with Crippen molar-refractivity contribution >= 4 is 5.97 Å². The van der Waals surface area contributed by atoms with Crippen LogP contribution >= 0.6 is 0 Å². The third kappa shape index (κ3) is 18.3. The van der Waals surface area contributed by atoms with Gasteiger partial charge in [-0.3, -0.25) is 0 Å². The normalized spacial score (nSPS) is 14.2. The summed E-state index contributed by atoms with van der Waals surface area (Å²) in [5.41, 5.74) is 0. The van der Waals surface area contributed by atoms with Gasteiger partial charge < -0.3 is 5.11 Å². The monoisotopic (exact) mass is 356 g/mol. The predicted octanol–water partition coefficient (Wildman–Crippen LogP) is 7.19. The molecule has 2 nitrogen and oxygen atoms in total. The molecule has 0 aromatic carbocycles. The summed E-state index contributed by atoms with van der Waals surface area (Å²) in [5.74, 6) is 0.00448. The molecule has 2 heteroatoms. The molecule has 0 aromatic heterocycles. The van der Waals surface area contributed by atoms with Crippen molar-refractivity contribution in [1.29, 1.82) is 0 Å². The molecule has 26 heavy (non-hydrogen) atoms. The summed E-state index contributed by atoms with van der Waals surface area (Å²) in [6.45, 7) is 4.60. The smallest absolute Gasteiger partial charge is 0.328 e. The highest BCUT2D eigenvalue weighted by atomic mass is 16.4. The van der Waals surface area contributed by atoms with E-state index in [1.807, 2.05) is 36.5 Å². The fraction of sp³-hybridized carbons (Fsp3) is 0.458. The SMILES string of the molecule is CCCC(CC)CCCCCC=CC=CC=CC=CC=CC=CC(=O)O. The molecule has 0 aromatic rings. The molecular weight excluding hydrogens is 320 g/mol. The van der Waals surface area contributed by atoms with E-state index in [1.54, 1.807) is 12.2 Å². The zero-order valence-electron chi connectivity index (χ0n) is 16.5. The number of allylic oxidation sites excluding steroid dienone is 11. The lowest BCUT2D eigenvalue weighted by Crippen LogP contribution is -1.97. The molecule has 0 saturated heterocycles. The first-order valence-corrected chi connectivity index (χ1v) is 9.93. The van der Waals surface area contributed by atoms with Gasteiger partial charge >= 0.3 is 5.97 Å². The second-order valence-corrected chi connectivity index (χ2v) is 6.37. The van der Waals surface area contributed by atoms with Crippen LogP contribution < -0.4 is 0 Å². The van der Waals surface area contributed by atoms with Gasteiger partial charge in [0.05, 0.1) is 0 Å². The molecule has 0 aliphatic rings. The Bertz CT molecular complexity index is 504. The molecule has 1 N–H and O–H groups in total. The Morgan fingerprint density at radius 1 is 0.769 bits per heavy atom. The zero-order valence-corrected chi connectivity index (χ0v) is 16.5. The summed E-state index contributed by atoms with van der Waals surface area (Å²) >= 11 is 0. The highest BCUT2D eigenvalue weighted by Gasteiger charge is 2.03. The minimum atomic E-state index is -0.936. The number of hydrogen-bond acceptors (Lipinski definition) is 1. The summed E-state index contributed by atoms with van der Waals surface area (Å²) in [4.78, 5) is 10.2. The molecule has 0 aliphatic carbocycles. The number of unbranched alkanes of at least 4 members (excludes halogenated alkanes) is 3. The standard InChI is InChI=1S/C24H36O2/c1-3-20-23(4-2)21-18-16-14-12-10-8-6-5-7-9-11-13-15-17-19-22-24(25)26/h5-11,13,15,17,19,22-23H,3-4,12,14,16,18,20-21H2,1-2H3,(H,25,26). The summed E-state index contributed by atoms with van der Waals surface area (Å²) in [6, 6.07) is 0. The van der Waals surface area contributed by atoms with E-state index >= 15 is 0 Å².